The van der Waals surface area contributed by atoms with Crippen LogP contribution in [-0.2, 0) is 6.42 Å². The molecule has 0 aliphatic carbocycles. The van der Waals surface area contributed by atoms with Crippen LogP contribution in [0, 0.1) is 5.41 Å². The fraction of sp³-hybridized carbons (Fsp3) is 0.500. The van der Waals surface area contributed by atoms with Crippen molar-refractivity contribution in [2.75, 3.05) is 26.2 Å². The SMILES string of the molecule is CCCc1noc2nc(-c3ccco3)cc(C(=O)N3CCC4(CCNC4)CC3)c12.Cl. The van der Waals surface area contributed by atoms with Gasteiger partial charge >= 0.3 is 0 Å². The standard InChI is InChI=1S/C22H26N4O3.ClH/c1-2-4-16-19-15(13-17(18-5-3-12-28-18)24-20(19)29-25-16)21(27)26-10-7-22(8-11-26)6-9-23-14-22;/h3,5,12-13,23H,2,4,6-11,14H2,1H3;1H. The molecule has 30 heavy (non-hydrogen) atoms. The van der Waals surface area contributed by atoms with Crippen LogP contribution in [0.5, 0.6) is 0 Å². The summed E-state index contributed by atoms with van der Waals surface area (Å²) in [5.41, 5.74) is 2.79. The number of furan rings is 1. The molecule has 2 aliphatic rings. The van der Waals surface area contributed by atoms with Gasteiger partial charge in [0.05, 0.1) is 22.9 Å². The highest BCUT2D eigenvalue weighted by Gasteiger charge is 2.38. The second-order valence-corrected chi connectivity index (χ2v) is 8.31. The van der Waals surface area contributed by atoms with Crippen molar-refractivity contribution in [3.05, 3.63) is 35.7 Å². The Morgan fingerprint density at radius 3 is 2.80 bits per heavy atom. The lowest BCUT2D eigenvalue weighted by molar-refractivity contribution is 0.0609. The predicted molar refractivity (Wildman–Crippen MR) is 116 cm³/mol. The van der Waals surface area contributed by atoms with Crippen molar-refractivity contribution < 1.29 is 13.7 Å². The van der Waals surface area contributed by atoms with Crippen LogP contribution in [0.25, 0.3) is 22.6 Å². The van der Waals surface area contributed by atoms with Crippen LogP contribution in [0.1, 0.15) is 48.7 Å². The lowest BCUT2D eigenvalue weighted by Gasteiger charge is -2.39. The summed E-state index contributed by atoms with van der Waals surface area (Å²) in [5.74, 6) is 0.649. The van der Waals surface area contributed by atoms with E-state index in [1.165, 1.54) is 6.42 Å². The zero-order valence-electron chi connectivity index (χ0n) is 17.1. The highest BCUT2D eigenvalue weighted by Crippen LogP contribution is 2.38. The molecular formula is C22H27ClN4O3. The van der Waals surface area contributed by atoms with Crippen molar-refractivity contribution in [3.8, 4) is 11.5 Å². The number of hydrogen-bond acceptors (Lipinski definition) is 6. The highest BCUT2D eigenvalue weighted by molar-refractivity contribution is 6.07. The summed E-state index contributed by atoms with van der Waals surface area (Å²) < 4.78 is 11.0. The second kappa shape index (κ2) is 8.40. The maximum absolute atomic E-state index is 13.6. The summed E-state index contributed by atoms with van der Waals surface area (Å²) >= 11 is 0. The number of nitrogens with zero attached hydrogens (tertiary/aromatic N) is 3. The molecule has 2 fully saturated rings. The monoisotopic (exact) mass is 430 g/mol. The number of piperidine rings is 1. The van der Waals surface area contributed by atoms with Gasteiger partial charge in [0, 0.05) is 19.6 Å². The van der Waals surface area contributed by atoms with Crippen LogP contribution < -0.4 is 5.32 Å². The Kier molecular flexibility index (Phi) is 5.84. The quantitative estimate of drug-likeness (QED) is 0.671. The molecule has 1 spiro atoms. The number of halogens is 1. The number of rotatable bonds is 4. The molecule has 2 saturated heterocycles. The number of nitrogens with one attached hydrogen (secondary N) is 1. The Morgan fingerprint density at radius 2 is 2.13 bits per heavy atom. The van der Waals surface area contributed by atoms with E-state index in [9.17, 15) is 4.79 Å². The van der Waals surface area contributed by atoms with E-state index < -0.39 is 0 Å². The van der Waals surface area contributed by atoms with Gasteiger partial charge < -0.3 is 19.2 Å². The van der Waals surface area contributed by atoms with Gasteiger partial charge in [0.1, 0.15) is 5.69 Å². The molecule has 1 N–H and O–H groups in total. The third kappa shape index (κ3) is 3.61. The van der Waals surface area contributed by atoms with E-state index in [4.69, 9.17) is 8.94 Å². The number of fused-ring (bicyclic) bond motifs is 1. The molecule has 160 valence electrons. The van der Waals surface area contributed by atoms with Gasteiger partial charge in [0.15, 0.2) is 5.76 Å². The number of carbonyl (C=O) groups is 1. The minimum Gasteiger partial charge on any atom is -0.463 e. The lowest BCUT2D eigenvalue weighted by atomic mass is 9.77. The molecule has 0 radical (unpaired) electrons. The number of likely N-dealkylation sites (tertiary alicyclic amines) is 1. The predicted octanol–water partition coefficient (Wildman–Crippen LogP) is 4.07. The van der Waals surface area contributed by atoms with E-state index in [2.05, 4.69) is 22.4 Å². The van der Waals surface area contributed by atoms with E-state index in [0.717, 1.165) is 62.9 Å². The van der Waals surface area contributed by atoms with Crippen LogP contribution in [0.4, 0.5) is 0 Å². The molecule has 0 unspecified atom stereocenters. The normalized spacial score (nSPS) is 18.1. The highest BCUT2D eigenvalue weighted by atomic mass is 35.5. The van der Waals surface area contributed by atoms with Gasteiger partial charge in [0.2, 0.25) is 0 Å². The van der Waals surface area contributed by atoms with E-state index in [1.807, 2.05) is 23.1 Å². The zero-order chi connectivity index (χ0) is 19.8. The topological polar surface area (TPSA) is 84.4 Å². The van der Waals surface area contributed by atoms with Crippen molar-refractivity contribution in [1.82, 2.24) is 20.4 Å². The fourth-order valence-electron chi connectivity index (χ4n) is 4.71. The van der Waals surface area contributed by atoms with Gasteiger partial charge in [-0.15, -0.1) is 12.4 Å². The average molecular weight is 431 g/mol. The number of aromatic nitrogens is 2. The largest absolute Gasteiger partial charge is 0.463 e. The van der Waals surface area contributed by atoms with Gasteiger partial charge in [-0.05, 0) is 55.8 Å². The van der Waals surface area contributed by atoms with Crippen LogP contribution in [0.3, 0.4) is 0 Å². The molecule has 0 bridgehead atoms. The average Bonchev–Trinajstić information content (AvgIpc) is 3.50. The molecule has 0 atom stereocenters. The summed E-state index contributed by atoms with van der Waals surface area (Å²) in [5, 5.41) is 8.43. The second-order valence-electron chi connectivity index (χ2n) is 8.31. The molecular weight excluding hydrogens is 404 g/mol. The zero-order valence-corrected chi connectivity index (χ0v) is 18.0. The molecule has 3 aromatic heterocycles. The molecule has 3 aromatic rings. The summed E-state index contributed by atoms with van der Waals surface area (Å²) in [6.45, 7) is 5.83. The number of aryl methyl sites for hydroxylation is 1. The molecule has 8 heteroatoms. The molecule has 2 aliphatic heterocycles. The Morgan fingerprint density at radius 1 is 1.30 bits per heavy atom. The van der Waals surface area contributed by atoms with Gasteiger partial charge in [0.25, 0.3) is 11.6 Å². The number of hydrogen-bond donors (Lipinski definition) is 1. The summed E-state index contributed by atoms with van der Waals surface area (Å²) in [4.78, 5) is 20.1. The van der Waals surface area contributed by atoms with E-state index >= 15 is 0 Å². The minimum atomic E-state index is 0. The summed E-state index contributed by atoms with van der Waals surface area (Å²) in [6.07, 6.45) is 6.60. The molecule has 7 nitrogen and oxygen atoms in total. The Hall–Kier alpha value is -2.38. The van der Waals surface area contributed by atoms with Gasteiger partial charge in [-0.3, -0.25) is 4.79 Å². The van der Waals surface area contributed by atoms with E-state index in [-0.39, 0.29) is 18.3 Å². The van der Waals surface area contributed by atoms with E-state index in [1.54, 1.807) is 6.26 Å². The van der Waals surface area contributed by atoms with Gasteiger partial charge in [-0.2, -0.15) is 0 Å². The van der Waals surface area contributed by atoms with Gasteiger partial charge in [-0.1, -0.05) is 18.5 Å². The first-order valence-corrected chi connectivity index (χ1v) is 10.5. The summed E-state index contributed by atoms with van der Waals surface area (Å²) in [7, 11) is 0. The molecule has 5 heterocycles. The van der Waals surface area contributed by atoms with Crippen LogP contribution in [-0.4, -0.2) is 47.1 Å². The number of carbonyl (C=O) groups excluding carboxylic acids is 1. The van der Waals surface area contributed by atoms with Crippen molar-refractivity contribution >= 4 is 29.4 Å². The van der Waals surface area contributed by atoms with Crippen LogP contribution in [0.2, 0.25) is 0 Å². The maximum Gasteiger partial charge on any atom is 0.259 e. The lowest BCUT2D eigenvalue weighted by Crippen LogP contribution is -2.44. The maximum atomic E-state index is 13.6. The van der Waals surface area contributed by atoms with Crippen molar-refractivity contribution in [3.63, 3.8) is 0 Å². The third-order valence-corrected chi connectivity index (χ3v) is 6.45. The Labute approximate surface area is 181 Å². The van der Waals surface area contributed by atoms with E-state index in [0.29, 0.717) is 28.1 Å². The fourth-order valence-corrected chi connectivity index (χ4v) is 4.71. The first kappa shape index (κ1) is 20.9. The first-order valence-electron chi connectivity index (χ1n) is 10.5. The molecule has 1 amide bonds. The molecule has 0 aromatic carbocycles. The smallest absolute Gasteiger partial charge is 0.259 e. The number of amides is 1. The van der Waals surface area contributed by atoms with Crippen LogP contribution in [0.15, 0.2) is 33.4 Å². The van der Waals surface area contributed by atoms with Crippen molar-refractivity contribution in [1.29, 1.82) is 0 Å². The molecule has 0 saturated carbocycles. The third-order valence-electron chi connectivity index (χ3n) is 6.45. The Balaban J connectivity index is 0.00000218. The Bertz CT molecular complexity index is 1010. The first-order chi connectivity index (χ1) is 14.2. The number of pyridine rings is 1. The van der Waals surface area contributed by atoms with Crippen LogP contribution >= 0.6 is 12.4 Å². The van der Waals surface area contributed by atoms with Crippen molar-refractivity contribution in [2.24, 2.45) is 5.41 Å². The summed E-state index contributed by atoms with van der Waals surface area (Å²) in [6, 6.07) is 5.48. The van der Waals surface area contributed by atoms with Gasteiger partial charge in [-0.25, -0.2) is 4.98 Å². The molecule has 5 rings (SSSR count). The minimum absolute atomic E-state index is 0. The van der Waals surface area contributed by atoms with Crippen molar-refractivity contribution in [2.45, 2.75) is 39.0 Å².